The third kappa shape index (κ3) is 2.54. The highest BCUT2D eigenvalue weighted by Crippen LogP contribution is 2.26. The van der Waals surface area contributed by atoms with Gasteiger partial charge in [0.05, 0.1) is 0 Å². The van der Waals surface area contributed by atoms with E-state index in [4.69, 9.17) is 4.74 Å². The lowest BCUT2D eigenvalue weighted by Gasteiger charge is -2.24. The Balaban J connectivity index is 2.22. The number of rotatable bonds is 0. The van der Waals surface area contributed by atoms with Gasteiger partial charge in [-0.1, -0.05) is 0 Å². The van der Waals surface area contributed by atoms with Gasteiger partial charge in [0.2, 0.25) is 0 Å². The van der Waals surface area contributed by atoms with Gasteiger partial charge in [0.1, 0.15) is 17.2 Å². The predicted molar refractivity (Wildman–Crippen MR) is 64.1 cm³/mol. The largest absolute Gasteiger partial charge is 0.443 e. The van der Waals surface area contributed by atoms with Gasteiger partial charge in [0.25, 0.3) is 0 Å². The van der Waals surface area contributed by atoms with Crippen LogP contribution in [0.1, 0.15) is 32.2 Å². The minimum Gasteiger partial charge on any atom is -0.443 e. The molecule has 1 amide bonds. The number of ether oxygens (including phenoxy) is 1. The van der Waals surface area contributed by atoms with Crippen LogP contribution in [-0.4, -0.2) is 28.2 Å². The Kier molecular flexibility index (Phi) is 2.77. The fraction of sp³-hybridized carbons (Fsp3) is 0.583. The molecule has 92 valence electrons. The van der Waals surface area contributed by atoms with Crippen molar-refractivity contribution >= 4 is 11.9 Å². The number of carbonyl (C=O) groups excluding carboxylic acids is 1. The molecule has 0 aliphatic carbocycles. The van der Waals surface area contributed by atoms with E-state index < -0.39 is 5.60 Å². The van der Waals surface area contributed by atoms with Crippen molar-refractivity contribution in [2.24, 2.45) is 0 Å². The standard InChI is InChI=1S/C12H17N3O2/c1-8-13-7-9-5-6-15(10(9)14-8)11(16)17-12(2,3)4/h7H,5-6H2,1-4H3. The summed E-state index contributed by atoms with van der Waals surface area (Å²) in [7, 11) is 0. The maximum Gasteiger partial charge on any atom is 0.416 e. The van der Waals surface area contributed by atoms with E-state index in [0.29, 0.717) is 18.2 Å². The quantitative estimate of drug-likeness (QED) is 0.691. The van der Waals surface area contributed by atoms with Crippen molar-refractivity contribution in [3.8, 4) is 0 Å². The SMILES string of the molecule is Cc1ncc2c(n1)N(C(=O)OC(C)(C)C)CC2. The van der Waals surface area contributed by atoms with E-state index in [2.05, 4.69) is 9.97 Å². The fourth-order valence-corrected chi connectivity index (χ4v) is 1.73. The average Bonchev–Trinajstić information content (AvgIpc) is 2.57. The van der Waals surface area contributed by atoms with E-state index in [0.717, 1.165) is 12.0 Å². The summed E-state index contributed by atoms with van der Waals surface area (Å²) >= 11 is 0. The lowest BCUT2D eigenvalue weighted by Crippen LogP contribution is -2.36. The molecule has 0 aromatic carbocycles. The first-order valence-electron chi connectivity index (χ1n) is 5.70. The molecule has 0 spiro atoms. The number of hydrogen-bond acceptors (Lipinski definition) is 4. The first-order chi connectivity index (χ1) is 7.87. The molecule has 17 heavy (non-hydrogen) atoms. The van der Waals surface area contributed by atoms with Gasteiger partial charge in [-0.2, -0.15) is 0 Å². The van der Waals surface area contributed by atoms with Crippen LogP contribution in [0.15, 0.2) is 6.20 Å². The van der Waals surface area contributed by atoms with E-state index in [1.165, 1.54) is 0 Å². The van der Waals surface area contributed by atoms with Crippen molar-refractivity contribution in [1.29, 1.82) is 0 Å². The van der Waals surface area contributed by atoms with Crippen LogP contribution < -0.4 is 4.90 Å². The molecule has 0 bridgehead atoms. The zero-order chi connectivity index (χ0) is 12.6. The first-order valence-corrected chi connectivity index (χ1v) is 5.70. The Morgan fingerprint density at radius 3 is 2.82 bits per heavy atom. The molecule has 0 unspecified atom stereocenters. The number of aromatic nitrogens is 2. The molecule has 1 aliphatic rings. The molecule has 0 saturated carbocycles. The molecule has 1 aromatic rings. The Hall–Kier alpha value is -1.65. The van der Waals surface area contributed by atoms with E-state index in [-0.39, 0.29) is 6.09 Å². The molecule has 5 heteroatoms. The number of fused-ring (bicyclic) bond motifs is 1. The van der Waals surface area contributed by atoms with Crippen molar-refractivity contribution in [2.75, 3.05) is 11.4 Å². The monoisotopic (exact) mass is 235 g/mol. The van der Waals surface area contributed by atoms with Crippen LogP contribution in [0.2, 0.25) is 0 Å². The van der Waals surface area contributed by atoms with Gasteiger partial charge >= 0.3 is 6.09 Å². The van der Waals surface area contributed by atoms with E-state index in [1.807, 2.05) is 27.7 Å². The minimum atomic E-state index is -0.484. The summed E-state index contributed by atoms with van der Waals surface area (Å²) in [4.78, 5) is 22.0. The van der Waals surface area contributed by atoms with Crippen molar-refractivity contribution in [3.05, 3.63) is 17.6 Å². The van der Waals surface area contributed by atoms with Crippen molar-refractivity contribution in [2.45, 2.75) is 39.7 Å². The molecule has 2 heterocycles. The third-order valence-electron chi connectivity index (χ3n) is 2.44. The molecule has 0 N–H and O–H groups in total. The van der Waals surface area contributed by atoms with Crippen LogP contribution in [0.3, 0.4) is 0 Å². The van der Waals surface area contributed by atoms with Crippen LogP contribution in [0, 0.1) is 6.92 Å². The normalized spacial score (nSPS) is 14.7. The smallest absolute Gasteiger partial charge is 0.416 e. The van der Waals surface area contributed by atoms with Crippen LogP contribution >= 0.6 is 0 Å². The highest BCUT2D eigenvalue weighted by atomic mass is 16.6. The summed E-state index contributed by atoms with van der Waals surface area (Å²) in [6.45, 7) is 7.99. The van der Waals surface area contributed by atoms with E-state index in [9.17, 15) is 4.79 Å². The van der Waals surface area contributed by atoms with E-state index >= 15 is 0 Å². The summed E-state index contributed by atoms with van der Waals surface area (Å²) < 4.78 is 5.34. The van der Waals surface area contributed by atoms with Gasteiger partial charge in [-0.25, -0.2) is 14.8 Å². The molecule has 1 aromatic heterocycles. The number of amides is 1. The maximum atomic E-state index is 12.0. The molecular weight excluding hydrogens is 218 g/mol. The zero-order valence-electron chi connectivity index (χ0n) is 10.6. The first kappa shape index (κ1) is 11.8. The molecule has 5 nitrogen and oxygen atoms in total. The average molecular weight is 235 g/mol. The summed E-state index contributed by atoms with van der Waals surface area (Å²) in [6, 6.07) is 0. The van der Waals surface area contributed by atoms with Gasteiger partial charge in [-0.3, -0.25) is 4.90 Å². The molecular formula is C12H17N3O2. The minimum absolute atomic E-state index is 0.339. The van der Waals surface area contributed by atoms with Gasteiger partial charge < -0.3 is 4.74 Å². The van der Waals surface area contributed by atoms with Crippen molar-refractivity contribution < 1.29 is 9.53 Å². The summed E-state index contributed by atoms with van der Waals surface area (Å²) in [6.07, 6.45) is 2.23. The molecule has 0 fully saturated rings. The lowest BCUT2D eigenvalue weighted by molar-refractivity contribution is 0.0583. The number of hydrogen-bond donors (Lipinski definition) is 0. The van der Waals surface area contributed by atoms with E-state index in [1.54, 1.807) is 11.1 Å². The van der Waals surface area contributed by atoms with Gasteiger partial charge in [-0.05, 0) is 34.1 Å². The lowest BCUT2D eigenvalue weighted by atomic mass is 10.2. The zero-order valence-corrected chi connectivity index (χ0v) is 10.6. The molecule has 0 atom stereocenters. The van der Waals surface area contributed by atoms with Gasteiger partial charge in [0.15, 0.2) is 0 Å². The number of aryl methyl sites for hydroxylation is 1. The highest BCUT2D eigenvalue weighted by molar-refractivity contribution is 5.89. The van der Waals surface area contributed by atoms with Crippen LogP contribution in [0.5, 0.6) is 0 Å². The summed E-state index contributed by atoms with van der Waals surface area (Å²) in [5, 5.41) is 0. The third-order valence-corrected chi connectivity index (χ3v) is 2.44. The Bertz CT molecular complexity index is 452. The Morgan fingerprint density at radius 1 is 1.47 bits per heavy atom. The molecule has 2 rings (SSSR count). The fourth-order valence-electron chi connectivity index (χ4n) is 1.73. The van der Waals surface area contributed by atoms with Crippen LogP contribution in [0.25, 0.3) is 0 Å². The van der Waals surface area contributed by atoms with Gasteiger partial charge in [-0.15, -0.1) is 0 Å². The van der Waals surface area contributed by atoms with Gasteiger partial charge in [0, 0.05) is 18.3 Å². The second-order valence-electron chi connectivity index (χ2n) is 5.15. The molecule has 0 radical (unpaired) electrons. The highest BCUT2D eigenvalue weighted by Gasteiger charge is 2.30. The summed E-state index contributed by atoms with van der Waals surface area (Å²) in [5.41, 5.74) is 0.517. The molecule has 1 aliphatic heterocycles. The topological polar surface area (TPSA) is 55.3 Å². The number of nitrogens with zero attached hydrogens (tertiary/aromatic N) is 3. The summed E-state index contributed by atoms with van der Waals surface area (Å²) in [5.74, 6) is 1.35. The maximum absolute atomic E-state index is 12.0. The predicted octanol–water partition coefficient (Wildman–Crippen LogP) is 2.08. The second kappa shape index (κ2) is 3.98. The van der Waals surface area contributed by atoms with Crippen molar-refractivity contribution in [1.82, 2.24) is 9.97 Å². The van der Waals surface area contributed by atoms with Crippen LogP contribution in [0.4, 0.5) is 10.6 Å². The number of carbonyl (C=O) groups is 1. The Morgan fingerprint density at radius 2 is 2.18 bits per heavy atom. The number of anilines is 1. The molecule has 0 saturated heterocycles. The van der Waals surface area contributed by atoms with Crippen molar-refractivity contribution in [3.63, 3.8) is 0 Å². The van der Waals surface area contributed by atoms with Crippen LogP contribution in [-0.2, 0) is 11.2 Å². The second-order valence-corrected chi connectivity index (χ2v) is 5.15. The Labute approximate surface area is 101 Å².